The number of aromatic nitrogens is 2. The Kier molecular flexibility index (Phi) is 3.68. The van der Waals surface area contributed by atoms with Crippen LogP contribution in [0.5, 0.6) is 0 Å². The third-order valence-corrected chi connectivity index (χ3v) is 4.96. The molecular formula is C21H21N3O. The van der Waals surface area contributed by atoms with Gasteiger partial charge < -0.3 is 4.90 Å². The quantitative estimate of drug-likeness (QED) is 0.857. The maximum atomic E-state index is 13.2. The second kappa shape index (κ2) is 5.88. The van der Waals surface area contributed by atoms with E-state index >= 15 is 0 Å². The number of benzene rings is 1. The molecule has 1 heterocycles. The van der Waals surface area contributed by atoms with Crippen LogP contribution in [0.3, 0.4) is 0 Å². The third-order valence-electron chi connectivity index (χ3n) is 4.96. The second-order valence-corrected chi connectivity index (χ2v) is 6.37. The van der Waals surface area contributed by atoms with Crippen LogP contribution in [-0.2, 0) is 7.05 Å². The molecule has 0 bridgehead atoms. The van der Waals surface area contributed by atoms with Crippen molar-refractivity contribution in [2.75, 3.05) is 13.1 Å². The summed E-state index contributed by atoms with van der Waals surface area (Å²) in [6, 6.07) is 7.88. The van der Waals surface area contributed by atoms with Crippen molar-refractivity contribution in [3.05, 3.63) is 76.8 Å². The number of carbonyl (C=O) groups excluding carboxylic acids is 1. The number of nitrogens with zero attached hydrogens (tertiary/aromatic N) is 3. The van der Waals surface area contributed by atoms with Crippen molar-refractivity contribution < 1.29 is 4.79 Å². The van der Waals surface area contributed by atoms with Gasteiger partial charge in [-0.1, -0.05) is 24.3 Å². The number of hydrogen-bond acceptors (Lipinski definition) is 3. The van der Waals surface area contributed by atoms with Crippen LogP contribution in [0.4, 0.5) is 0 Å². The molecule has 0 saturated heterocycles. The molecule has 25 heavy (non-hydrogen) atoms. The number of carbonyl (C=O) groups is 1. The summed E-state index contributed by atoms with van der Waals surface area (Å²) in [6.45, 7) is 6.19. The summed E-state index contributed by atoms with van der Waals surface area (Å²) < 4.78 is 1.74. The Morgan fingerprint density at radius 2 is 1.80 bits per heavy atom. The van der Waals surface area contributed by atoms with Crippen molar-refractivity contribution in [1.82, 2.24) is 14.7 Å². The van der Waals surface area contributed by atoms with E-state index in [-0.39, 0.29) is 5.78 Å². The van der Waals surface area contributed by atoms with E-state index in [2.05, 4.69) is 36.0 Å². The van der Waals surface area contributed by atoms with Crippen molar-refractivity contribution in [3.8, 4) is 0 Å². The molecule has 0 atom stereocenters. The Balaban J connectivity index is 1.97. The van der Waals surface area contributed by atoms with E-state index in [1.807, 2.05) is 37.5 Å². The summed E-state index contributed by atoms with van der Waals surface area (Å²) in [5.41, 5.74) is 6.73. The van der Waals surface area contributed by atoms with Crippen LogP contribution in [0.2, 0.25) is 0 Å². The highest BCUT2D eigenvalue weighted by molar-refractivity contribution is 6.36. The molecule has 0 spiro atoms. The summed E-state index contributed by atoms with van der Waals surface area (Å²) in [5, 5.41) is 4.26. The van der Waals surface area contributed by atoms with Crippen LogP contribution in [-0.4, -0.2) is 33.6 Å². The minimum absolute atomic E-state index is 0.0767. The molecule has 2 aromatic rings. The standard InChI is InChI=1S/C21H21N3O/c1-4-24(5-2)15-10-18-16-8-6-7-9-17(16)21(25)20(19(18)11-15)14-12-22-23(3)13-14/h6-13H,4-5H2,1-3H3. The van der Waals surface area contributed by atoms with E-state index in [1.54, 1.807) is 10.9 Å². The molecule has 4 nitrogen and oxygen atoms in total. The predicted octanol–water partition coefficient (Wildman–Crippen LogP) is 3.69. The Hall–Kier alpha value is -2.88. The molecule has 0 aliphatic heterocycles. The van der Waals surface area contributed by atoms with Crippen molar-refractivity contribution in [1.29, 1.82) is 0 Å². The van der Waals surface area contributed by atoms with Crippen LogP contribution in [0, 0.1) is 0 Å². The SMILES string of the molecule is CCN(CC)C1=CC2=C(c3cnn(C)c3)C(=O)c3ccccc3C2=C1. The van der Waals surface area contributed by atoms with Gasteiger partial charge in [-0.3, -0.25) is 9.48 Å². The van der Waals surface area contributed by atoms with E-state index in [9.17, 15) is 4.79 Å². The summed E-state index contributed by atoms with van der Waals surface area (Å²) in [6.07, 6.45) is 8.05. The lowest BCUT2D eigenvalue weighted by Crippen LogP contribution is -2.20. The van der Waals surface area contributed by atoms with Gasteiger partial charge in [0.2, 0.25) is 0 Å². The van der Waals surface area contributed by atoms with Crippen LogP contribution >= 0.6 is 0 Å². The fourth-order valence-electron chi connectivity index (χ4n) is 3.70. The van der Waals surface area contributed by atoms with Crippen molar-refractivity contribution >= 4 is 16.9 Å². The van der Waals surface area contributed by atoms with E-state index in [0.717, 1.165) is 46.5 Å². The highest BCUT2D eigenvalue weighted by Gasteiger charge is 2.32. The zero-order valence-corrected chi connectivity index (χ0v) is 14.8. The van der Waals surface area contributed by atoms with Gasteiger partial charge in [0.05, 0.1) is 6.20 Å². The van der Waals surface area contributed by atoms with Crippen molar-refractivity contribution in [2.24, 2.45) is 7.05 Å². The van der Waals surface area contributed by atoms with Gasteiger partial charge in [0.1, 0.15) is 0 Å². The molecule has 0 unspecified atom stereocenters. The lowest BCUT2D eigenvalue weighted by atomic mass is 9.81. The number of rotatable bonds is 4. The van der Waals surface area contributed by atoms with E-state index in [0.29, 0.717) is 0 Å². The van der Waals surface area contributed by atoms with Gasteiger partial charge in [0, 0.05) is 48.7 Å². The summed E-state index contributed by atoms with van der Waals surface area (Å²) in [7, 11) is 1.87. The van der Waals surface area contributed by atoms with Crippen LogP contribution in [0.1, 0.15) is 35.3 Å². The monoisotopic (exact) mass is 331 g/mol. The Morgan fingerprint density at radius 1 is 1.08 bits per heavy atom. The van der Waals surface area contributed by atoms with Gasteiger partial charge >= 0.3 is 0 Å². The highest BCUT2D eigenvalue weighted by atomic mass is 16.1. The smallest absolute Gasteiger partial charge is 0.194 e. The maximum absolute atomic E-state index is 13.2. The minimum Gasteiger partial charge on any atom is -0.372 e. The van der Waals surface area contributed by atoms with Crippen molar-refractivity contribution in [3.63, 3.8) is 0 Å². The molecule has 0 saturated carbocycles. The zero-order valence-electron chi connectivity index (χ0n) is 14.8. The van der Waals surface area contributed by atoms with Crippen LogP contribution < -0.4 is 0 Å². The second-order valence-electron chi connectivity index (χ2n) is 6.37. The summed E-state index contributed by atoms with van der Waals surface area (Å²) in [5.74, 6) is 0.0767. The number of aryl methyl sites for hydroxylation is 1. The molecule has 126 valence electrons. The first-order chi connectivity index (χ1) is 12.1. The molecular weight excluding hydrogens is 310 g/mol. The first-order valence-electron chi connectivity index (χ1n) is 8.70. The lowest BCUT2D eigenvalue weighted by Gasteiger charge is -2.20. The molecule has 1 aromatic heterocycles. The van der Waals surface area contributed by atoms with Gasteiger partial charge in [-0.05, 0) is 42.7 Å². The molecule has 0 amide bonds. The first-order valence-corrected chi connectivity index (χ1v) is 8.70. The topological polar surface area (TPSA) is 38.1 Å². The maximum Gasteiger partial charge on any atom is 0.194 e. The summed E-state index contributed by atoms with van der Waals surface area (Å²) >= 11 is 0. The number of Topliss-reactive ketones (excluding diaryl/α,β-unsaturated/α-hetero) is 1. The van der Waals surface area contributed by atoms with Gasteiger partial charge in [-0.2, -0.15) is 5.10 Å². The molecule has 2 aliphatic rings. The largest absolute Gasteiger partial charge is 0.372 e. The fourth-order valence-corrected chi connectivity index (χ4v) is 3.70. The number of ketones is 1. The number of likely N-dealkylation sites (N-methyl/N-ethyl adjacent to an activating group) is 1. The molecule has 0 N–H and O–H groups in total. The average molecular weight is 331 g/mol. The molecule has 2 aliphatic carbocycles. The fraction of sp³-hybridized carbons (Fsp3) is 0.238. The summed E-state index contributed by atoms with van der Waals surface area (Å²) in [4.78, 5) is 15.5. The third kappa shape index (κ3) is 2.37. The normalized spacial score (nSPS) is 15.7. The van der Waals surface area contributed by atoms with E-state index in [4.69, 9.17) is 0 Å². The average Bonchev–Trinajstić information content (AvgIpc) is 3.24. The minimum atomic E-state index is 0.0767. The van der Waals surface area contributed by atoms with E-state index in [1.165, 1.54) is 5.70 Å². The van der Waals surface area contributed by atoms with Crippen molar-refractivity contribution in [2.45, 2.75) is 13.8 Å². The van der Waals surface area contributed by atoms with E-state index < -0.39 is 0 Å². The highest BCUT2D eigenvalue weighted by Crippen LogP contribution is 2.44. The molecule has 4 rings (SSSR count). The lowest BCUT2D eigenvalue weighted by molar-refractivity contribution is 0.105. The van der Waals surface area contributed by atoms with Gasteiger partial charge in [0.25, 0.3) is 0 Å². The van der Waals surface area contributed by atoms with Crippen LogP contribution in [0.25, 0.3) is 11.1 Å². The number of allylic oxidation sites excluding steroid dienone is 5. The Bertz CT molecular complexity index is 955. The molecule has 1 aromatic carbocycles. The molecule has 4 heteroatoms. The molecule has 0 fully saturated rings. The Labute approximate surface area is 147 Å². The molecule has 0 radical (unpaired) electrons. The van der Waals surface area contributed by atoms with Gasteiger partial charge in [-0.15, -0.1) is 0 Å². The van der Waals surface area contributed by atoms with Crippen LogP contribution in [0.15, 0.2) is 60.1 Å². The first kappa shape index (κ1) is 15.6. The Morgan fingerprint density at radius 3 is 2.44 bits per heavy atom. The van der Waals surface area contributed by atoms with Gasteiger partial charge in [-0.25, -0.2) is 0 Å². The zero-order chi connectivity index (χ0) is 17.6. The number of hydrogen-bond donors (Lipinski definition) is 0. The predicted molar refractivity (Wildman–Crippen MR) is 99.9 cm³/mol. The van der Waals surface area contributed by atoms with Gasteiger partial charge in [0.15, 0.2) is 5.78 Å². The number of fused-ring (bicyclic) bond motifs is 3.